The first-order chi connectivity index (χ1) is 12.7. The lowest BCUT2D eigenvalue weighted by molar-refractivity contribution is -0.137. The molecule has 5 nitrogen and oxygen atoms in total. The molecule has 0 bridgehead atoms. The zero-order valence-electron chi connectivity index (χ0n) is 16.9. The SMILES string of the molecule is CCCC(C)(C)CC(O)C=CC1C=CC(=O)C1C(O)CCCCCC(=O)O. The van der Waals surface area contributed by atoms with Gasteiger partial charge in [0.1, 0.15) is 0 Å². The number of carbonyl (C=O) groups is 2. The third kappa shape index (κ3) is 8.85. The molecule has 0 heterocycles. The quantitative estimate of drug-likeness (QED) is 0.333. The van der Waals surface area contributed by atoms with E-state index in [1.807, 2.05) is 6.08 Å². The average molecular weight is 381 g/mol. The summed E-state index contributed by atoms with van der Waals surface area (Å²) in [4.78, 5) is 22.7. The summed E-state index contributed by atoms with van der Waals surface area (Å²) >= 11 is 0. The van der Waals surface area contributed by atoms with E-state index in [9.17, 15) is 19.8 Å². The molecule has 0 aromatic carbocycles. The molecule has 1 aliphatic carbocycles. The Labute approximate surface area is 163 Å². The summed E-state index contributed by atoms with van der Waals surface area (Å²) < 4.78 is 0. The molecule has 0 amide bonds. The van der Waals surface area contributed by atoms with Gasteiger partial charge in [0, 0.05) is 12.3 Å². The van der Waals surface area contributed by atoms with E-state index >= 15 is 0 Å². The first-order valence-corrected chi connectivity index (χ1v) is 10.1. The van der Waals surface area contributed by atoms with Gasteiger partial charge in [0.25, 0.3) is 0 Å². The minimum Gasteiger partial charge on any atom is -0.481 e. The fourth-order valence-corrected chi connectivity index (χ4v) is 3.91. The second kappa shape index (κ2) is 11.4. The molecule has 3 N–H and O–H groups in total. The van der Waals surface area contributed by atoms with Gasteiger partial charge in [-0.05, 0) is 37.2 Å². The van der Waals surface area contributed by atoms with Crippen LogP contribution in [0.3, 0.4) is 0 Å². The number of hydrogen-bond acceptors (Lipinski definition) is 4. The van der Waals surface area contributed by atoms with Crippen molar-refractivity contribution >= 4 is 11.8 Å². The van der Waals surface area contributed by atoms with Gasteiger partial charge in [0.05, 0.1) is 18.1 Å². The number of aliphatic hydroxyl groups excluding tert-OH is 2. The molecule has 0 aromatic heterocycles. The first kappa shape index (κ1) is 23.6. The highest BCUT2D eigenvalue weighted by Gasteiger charge is 2.34. The molecule has 4 atom stereocenters. The van der Waals surface area contributed by atoms with Crippen LogP contribution in [0.4, 0.5) is 0 Å². The number of aliphatic carboxylic acids is 1. The van der Waals surface area contributed by atoms with Crippen molar-refractivity contribution in [1.82, 2.24) is 0 Å². The molecule has 0 aliphatic heterocycles. The van der Waals surface area contributed by atoms with E-state index in [0.717, 1.165) is 19.3 Å². The highest BCUT2D eigenvalue weighted by molar-refractivity contribution is 5.95. The van der Waals surface area contributed by atoms with Crippen molar-refractivity contribution in [2.24, 2.45) is 17.3 Å². The van der Waals surface area contributed by atoms with Gasteiger partial charge in [0.15, 0.2) is 5.78 Å². The van der Waals surface area contributed by atoms with Gasteiger partial charge in [-0.1, -0.05) is 58.3 Å². The van der Waals surface area contributed by atoms with Crippen molar-refractivity contribution in [3.8, 4) is 0 Å². The van der Waals surface area contributed by atoms with Gasteiger partial charge in [0.2, 0.25) is 0 Å². The van der Waals surface area contributed by atoms with E-state index in [0.29, 0.717) is 25.7 Å². The molecule has 0 saturated heterocycles. The molecular weight excluding hydrogens is 344 g/mol. The van der Waals surface area contributed by atoms with Gasteiger partial charge >= 0.3 is 5.97 Å². The highest BCUT2D eigenvalue weighted by Crippen LogP contribution is 2.31. The van der Waals surface area contributed by atoms with Crippen LogP contribution in [0.5, 0.6) is 0 Å². The fraction of sp³-hybridized carbons (Fsp3) is 0.727. The van der Waals surface area contributed by atoms with Crippen LogP contribution in [0, 0.1) is 17.3 Å². The largest absolute Gasteiger partial charge is 0.481 e. The molecule has 0 saturated carbocycles. The summed E-state index contributed by atoms with van der Waals surface area (Å²) in [5.74, 6) is -1.59. The molecule has 4 unspecified atom stereocenters. The minimum atomic E-state index is -0.809. The Morgan fingerprint density at radius 1 is 1.26 bits per heavy atom. The minimum absolute atomic E-state index is 0.0642. The summed E-state index contributed by atoms with van der Waals surface area (Å²) in [6, 6.07) is 0. The van der Waals surface area contributed by atoms with Gasteiger partial charge in [-0.25, -0.2) is 0 Å². The predicted molar refractivity (Wildman–Crippen MR) is 106 cm³/mol. The van der Waals surface area contributed by atoms with E-state index in [-0.39, 0.29) is 23.5 Å². The second-order valence-corrected chi connectivity index (χ2v) is 8.50. The Balaban J connectivity index is 2.52. The molecular formula is C22H36O5. The van der Waals surface area contributed by atoms with Gasteiger partial charge in [-0.3, -0.25) is 9.59 Å². The number of carbonyl (C=O) groups excluding carboxylic acids is 1. The Hall–Kier alpha value is -1.46. The van der Waals surface area contributed by atoms with Gasteiger partial charge in [-0.15, -0.1) is 0 Å². The number of unbranched alkanes of at least 4 members (excludes halogenated alkanes) is 2. The Morgan fingerprint density at radius 3 is 2.59 bits per heavy atom. The Kier molecular flexibility index (Phi) is 9.95. The smallest absolute Gasteiger partial charge is 0.303 e. The molecule has 5 heteroatoms. The Bertz CT molecular complexity index is 535. The molecule has 27 heavy (non-hydrogen) atoms. The third-order valence-electron chi connectivity index (χ3n) is 5.27. The lowest BCUT2D eigenvalue weighted by Gasteiger charge is -2.26. The molecule has 0 aromatic rings. The Morgan fingerprint density at radius 2 is 1.96 bits per heavy atom. The van der Waals surface area contributed by atoms with Crippen molar-refractivity contribution in [3.05, 3.63) is 24.3 Å². The molecule has 0 radical (unpaired) electrons. The van der Waals surface area contributed by atoms with Crippen LogP contribution in [0.2, 0.25) is 0 Å². The number of carboxylic acid groups (broad SMARTS) is 1. The molecule has 0 fully saturated rings. The topological polar surface area (TPSA) is 94.8 Å². The molecule has 0 spiro atoms. The van der Waals surface area contributed by atoms with Crippen molar-refractivity contribution in [1.29, 1.82) is 0 Å². The van der Waals surface area contributed by atoms with Crippen molar-refractivity contribution in [3.63, 3.8) is 0 Å². The van der Waals surface area contributed by atoms with E-state index in [2.05, 4.69) is 20.8 Å². The number of ketones is 1. The maximum Gasteiger partial charge on any atom is 0.303 e. The van der Waals surface area contributed by atoms with Crippen LogP contribution in [0.25, 0.3) is 0 Å². The zero-order valence-corrected chi connectivity index (χ0v) is 16.9. The van der Waals surface area contributed by atoms with E-state index in [1.165, 1.54) is 6.08 Å². The summed E-state index contributed by atoms with van der Waals surface area (Å²) in [5.41, 5.74) is 0.0642. The predicted octanol–water partition coefficient (Wildman–Crippen LogP) is 3.89. The maximum absolute atomic E-state index is 12.1. The lowest BCUT2D eigenvalue weighted by Crippen LogP contribution is -2.29. The van der Waals surface area contributed by atoms with Crippen LogP contribution < -0.4 is 0 Å². The van der Waals surface area contributed by atoms with Gasteiger partial charge < -0.3 is 15.3 Å². The molecule has 1 aliphatic rings. The summed E-state index contributed by atoms with van der Waals surface area (Å²) in [6.07, 6.45) is 11.0. The number of allylic oxidation sites excluding steroid dienone is 3. The fourth-order valence-electron chi connectivity index (χ4n) is 3.91. The summed E-state index contributed by atoms with van der Waals surface area (Å²) in [5, 5.41) is 29.4. The van der Waals surface area contributed by atoms with E-state index in [1.54, 1.807) is 12.2 Å². The number of hydrogen-bond donors (Lipinski definition) is 3. The normalized spacial score (nSPS) is 22.5. The van der Waals surface area contributed by atoms with Crippen LogP contribution in [0.15, 0.2) is 24.3 Å². The van der Waals surface area contributed by atoms with Crippen LogP contribution in [0.1, 0.15) is 72.1 Å². The monoisotopic (exact) mass is 380 g/mol. The standard InChI is InChI=1S/C22H36O5/c1-4-14-22(2,3)15-17(23)12-10-16-11-13-19(25)21(16)18(24)8-6-5-7-9-20(26)27/h10-13,16-18,21,23-24H,4-9,14-15H2,1-3H3,(H,26,27). The maximum atomic E-state index is 12.1. The summed E-state index contributed by atoms with van der Waals surface area (Å²) in [6.45, 7) is 6.42. The van der Waals surface area contributed by atoms with Crippen molar-refractivity contribution in [2.45, 2.75) is 84.3 Å². The average Bonchev–Trinajstić information content (AvgIpc) is 2.92. The van der Waals surface area contributed by atoms with Crippen molar-refractivity contribution < 1.29 is 24.9 Å². The van der Waals surface area contributed by atoms with Crippen LogP contribution in [-0.2, 0) is 9.59 Å². The van der Waals surface area contributed by atoms with Gasteiger partial charge in [-0.2, -0.15) is 0 Å². The highest BCUT2D eigenvalue weighted by atomic mass is 16.4. The van der Waals surface area contributed by atoms with Crippen LogP contribution in [-0.4, -0.2) is 39.3 Å². The second-order valence-electron chi connectivity index (χ2n) is 8.50. The summed E-state index contributed by atoms with van der Waals surface area (Å²) in [7, 11) is 0. The third-order valence-corrected chi connectivity index (χ3v) is 5.27. The molecule has 1 rings (SSSR count). The first-order valence-electron chi connectivity index (χ1n) is 10.1. The zero-order chi connectivity index (χ0) is 20.4. The number of rotatable bonds is 13. The number of carboxylic acids is 1. The van der Waals surface area contributed by atoms with Crippen LogP contribution >= 0.6 is 0 Å². The van der Waals surface area contributed by atoms with E-state index in [4.69, 9.17) is 5.11 Å². The number of aliphatic hydroxyl groups is 2. The van der Waals surface area contributed by atoms with Crippen molar-refractivity contribution in [2.75, 3.05) is 0 Å². The lowest BCUT2D eigenvalue weighted by atomic mass is 9.81. The molecule has 154 valence electrons. The van der Waals surface area contributed by atoms with E-state index < -0.39 is 24.1 Å².